The van der Waals surface area contributed by atoms with Gasteiger partial charge in [-0.15, -0.1) is 0 Å². The molecule has 1 N–H and O–H groups in total. The van der Waals surface area contributed by atoms with Crippen LogP contribution in [0.3, 0.4) is 0 Å². The van der Waals surface area contributed by atoms with Gasteiger partial charge in [-0.3, -0.25) is 5.32 Å². The summed E-state index contributed by atoms with van der Waals surface area (Å²) < 4.78 is 5.20. The van der Waals surface area contributed by atoms with Gasteiger partial charge in [-0.05, 0) is 32.9 Å². The lowest BCUT2D eigenvalue weighted by Gasteiger charge is -2.20. The number of ether oxygens (including phenoxy) is 1. The van der Waals surface area contributed by atoms with Crippen molar-refractivity contribution < 1.29 is 9.53 Å². The fourth-order valence-corrected chi connectivity index (χ4v) is 1.84. The lowest BCUT2D eigenvalue weighted by atomic mass is 10.1. The zero-order chi connectivity index (χ0) is 14.1. The molecule has 1 aliphatic rings. The zero-order valence-corrected chi connectivity index (χ0v) is 11.4. The molecule has 0 unspecified atom stereocenters. The molecule has 1 aliphatic carbocycles. The van der Waals surface area contributed by atoms with E-state index in [0.717, 1.165) is 18.4 Å². The number of anilines is 1. The number of hydrogen-bond donors (Lipinski definition) is 1. The van der Waals surface area contributed by atoms with Crippen LogP contribution in [0.15, 0.2) is 18.3 Å². The quantitative estimate of drug-likeness (QED) is 0.829. The first-order valence-corrected chi connectivity index (χ1v) is 6.20. The Kier molecular flexibility index (Phi) is 3.19. The second-order valence-corrected chi connectivity index (χ2v) is 5.67. The van der Waals surface area contributed by atoms with Gasteiger partial charge >= 0.3 is 6.09 Å². The maximum Gasteiger partial charge on any atom is 0.413 e. The Bertz CT molecular complexity index is 536. The normalized spacial score (nSPS) is 16.3. The summed E-state index contributed by atoms with van der Waals surface area (Å²) in [6.07, 6.45) is 2.67. The van der Waals surface area contributed by atoms with E-state index in [1.165, 1.54) is 0 Å². The molecule has 19 heavy (non-hydrogen) atoms. The fourth-order valence-electron chi connectivity index (χ4n) is 1.84. The molecule has 0 spiro atoms. The molecule has 2 rings (SSSR count). The van der Waals surface area contributed by atoms with Crippen molar-refractivity contribution in [2.24, 2.45) is 0 Å². The molecule has 1 amide bonds. The van der Waals surface area contributed by atoms with Gasteiger partial charge in [-0.2, -0.15) is 0 Å². The third kappa shape index (κ3) is 3.02. The van der Waals surface area contributed by atoms with Crippen molar-refractivity contribution in [3.05, 3.63) is 35.3 Å². The van der Waals surface area contributed by atoms with Gasteiger partial charge in [0.2, 0.25) is 0 Å². The van der Waals surface area contributed by atoms with Gasteiger partial charge in [-0.1, -0.05) is 0 Å². The van der Waals surface area contributed by atoms with Gasteiger partial charge in [-0.25, -0.2) is 16.4 Å². The molecule has 0 atom stereocenters. The highest BCUT2D eigenvalue weighted by molar-refractivity contribution is 5.85. The van der Waals surface area contributed by atoms with Crippen LogP contribution in [0, 0.1) is 6.57 Å². The van der Waals surface area contributed by atoms with E-state index < -0.39 is 17.2 Å². The van der Waals surface area contributed by atoms with Crippen LogP contribution in [0.2, 0.25) is 0 Å². The molecular formula is C14H17N3O2. The monoisotopic (exact) mass is 259 g/mol. The molecule has 5 nitrogen and oxygen atoms in total. The van der Waals surface area contributed by atoms with E-state index in [9.17, 15) is 4.79 Å². The Hall–Kier alpha value is -2.09. The van der Waals surface area contributed by atoms with Crippen molar-refractivity contribution in [1.29, 1.82) is 0 Å². The number of amides is 1. The van der Waals surface area contributed by atoms with Gasteiger partial charge in [0.25, 0.3) is 5.54 Å². The largest absolute Gasteiger partial charge is 0.444 e. The predicted octanol–water partition coefficient (Wildman–Crippen LogP) is 3.34. The molecule has 1 aromatic rings. The summed E-state index contributed by atoms with van der Waals surface area (Å²) in [6, 6.07) is 3.62. The Morgan fingerprint density at radius 1 is 1.53 bits per heavy atom. The maximum absolute atomic E-state index is 11.8. The van der Waals surface area contributed by atoms with Crippen molar-refractivity contribution in [3.63, 3.8) is 0 Å². The van der Waals surface area contributed by atoms with Crippen LogP contribution >= 0.6 is 0 Å². The number of hydrogen-bond acceptors (Lipinski definition) is 3. The summed E-state index contributed by atoms with van der Waals surface area (Å²) in [5.74, 6) is 0.422. The molecule has 0 aromatic carbocycles. The van der Waals surface area contributed by atoms with Gasteiger partial charge in [0, 0.05) is 19.0 Å². The fraction of sp³-hybridized carbons (Fsp3) is 0.500. The van der Waals surface area contributed by atoms with Crippen molar-refractivity contribution in [2.45, 2.75) is 44.8 Å². The molecular weight excluding hydrogens is 242 g/mol. The Morgan fingerprint density at radius 3 is 2.74 bits per heavy atom. The molecule has 0 saturated heterocycles. The van der Waals surface area contributed by atoms with Gasteiger partial charge < -0.3 is 9.58 Å². The number of rotatable bonds is 2. The van der Waals surface area contributed by atoms with Crippen LogP contribution < -0.4 is 5.32 Å². The van der Waals surface area contributed by atoms with Crippen LogP contribution in [0.25, 0.3) is 4.85 Å². The number of aromatic nitrogens is 1. The standard InChI is InChI=1S/C14H17N3O2/c1-13(2,3)19-12(18)17-11-10(6-5-9-16-11)14(15-4)7-8-14/h5-6,9H,7-8H2,1-3H3,(H,16,17,18). The molecule has 100 valence electrons. The second-order valence-electron chi connectivity index (χ2n) is 5.67. The molecule has 0 radical (unpaired) electrons. The Labute approximate surface area is 112 Å². The number of carbonyl (C=O) groups excluding carboxylic acids is 1. The van der Waals surface area contributed by atoms with E-state index in [-0.39, 0.29) is 0 Å². The Balaban J connectivity index is 2.18. The average molecular weight is 259 g/mol. The van der Waals surface area contributed by atoms with Gasteiger partial charge in [0.05, 0.1) is 5.56 Å². The van der Waals surface area contributed by atoms with Crippen LogP contribution in [-0.4, -0.2) is 16.7 Å². The third-order valence-electron chi connectivity index (χ3n) is 2.87. The van der Waals surface area contributed by atoms with E-state index in [4.69, 9.17) is 11.3 Å². The van der Waals surface area contributed by atoms with Crippen molar-refractivity contribution in [2.75, 3.05) is 5.32 Å². The molecule has 1 saturated carbocycles. The predicted molar refractivity (Wildman–Crippen MR) is 71.6 cm³/mol. The van der Waals surface area contributed by atoms with E-state index in [2.05, 4.69) is 15.1 Å². The minimum atomic E-state index is -0.559. The van der Waals surface area contributed by atoms with Crippen LogP contribution in [0.5, 0.6) is 0 Å². The van der Waals surface area contributed by atoms with E-state index in [1.54, 1.807) is 33.0 Å². The highest BCUT2D eigenvalue weighted by Gasteiger charge is 2.54. The highest BCUT2D eigenvalue weighted by Crippen LogP contribution is 2.51. The Morgan fingerprint density at radius 2 is 2.21 bits per heavy atom. The SMILES string of the molecule is [C-]#[N+]C1(c2cccnc2NC(=O)OC(C)(C)C)CC1. The van der Waals surface area contributed by atoms with E-state index in [1.807, 2.05) is 6.07 Å². The summed E-state index contributed by atoms with van der Waals surface area (Å²) in [5.41, 5.74) is -0.287. The van der Waals surface area contributed by atoms with E-state index >= 15 is 0 Å². The highest BCUT2D eigenvalue weighted by atomic mass is 16.6. The van der Waals surface area contributed by atoms with E-state index in [0.29, 0.717) is 5.82 Å². The van der Waals surface area contributed by atoms with Crippen molar-refractivity contribution in [3.8, 4) is 0 Å². The average Bonchev–Trinajstić information content (AvgIpc) is 3.08. The second kappa shape index (κ2) is 4.54. The minimum Gasteiger partial charge on any atom is -0.444 e. The van der Waals surface area contributed by atoms with Crippen LogP contribution in [0.4, 0.5) is 10.6 Å². The molecule has 0 aliphatic heterocycles. The zero-order valence-electron chi connectivity index (χ0n) is 11.4. The lowest BCUT2D eigenvalue weighted by molar-refractivity contribution is 0.0635. The summed E-state index contributed by atoms with van der Waals surface area (Å²) in [4.78, 5) is 19.6. The first-order valence-electron chi connectivity index (χ1n) is 6.20. The number of nitrogens with one attached hydrogen (secondary N) is 1. The van der Waals surface area contributed by atoms with Crippen molar-refractivity contribution in [1.82, 2.24) is 4.98 Å². The number of nitrogens with zero attached hydrogens (tertiary/aromatic N) is 2. The van der Waals surface area contributed by atoms with Gasteiger partial charge in [0.15, 0.2) is 0 Å². The molecule has 1 aromatic heterocycles. The third-order valence-corrected chi connectivity index (χ3v) is 2.87. The summed E-state index contributed by atoms with van der Waals surface area (Å²) >= 11 is 0. The van der Waals surface area contributed by atoms with Crippen LogP contribution in [0.1, 0.15) is 39.2 Å². The molecule has 1 heterocycles. The smallest absolute Gasteiger partial charge is 0.413 e. The number of carbonyl (C=O) groups is 1. The first-order chi connectivity index (χ1) is 8.86. The maximum atomic E-state index is 11.8. The topological polar surface area (TPSA) is 55.6 Å². The minimum absolute atomic E-state index is 0.422. The van der Waals surface area contributed by atoms with Crippen LogP contribution in [-0.2, 0) is 10.3 Å². The van der Waals surface area contributed by atoms with Gasteiger partial charge in [0.1, 0.15) is 11.4 Å². The molecule has 0 bridgehead atoms. The molecule has 5 heteroatoms. The number of pyridine rings is 1. The molecule has 1 fully saturated rings. The summed E-state index contributed by atoms with van der Waals surface area (Å²) in [6.45, 7) is 12.7. The first kappa shape index (κ1) is 13.3. The lowest BCUT2D eigenvalue weighted by Crippen LogP contribution is -2.28. The summed E-state index contributed by atoms with van der Waals surface area (Å²) in [7, 11) is 0. The summed E-state index contributed by atoms with van der Waals surface area (Å²) in [5, 5.41) is 2.63. The van der Waals surface area contributed by atoms with Crippen molar-refractivity contribution >= 4 is 11.9 Å².